The third-order valence-electron chi connectivity index (χ3n) is 3.96. The summed E-state index contributed by atoms with van der Waals surface area (Å²) < 4.78 is 28.2. The van der Waals surface area contributed by atoms with Crippen LogP contribution in [0.2, 0.25) is 5.02 Å². The molecule has 0 aromatic heterocycles. The van der Waals surface area contributed by atoms with E-state index in [-0.39, 0.29) is 22.1 Å². The summed E-state index contributed by atoms with van der Waals surface area (Å²) in [6.45, 7) is 0. The van der Waals surface area contributed by atoms with E-state index in [0.29, 0.717) is 16.3 Å². The predicted molar refractivity (Wildman–Crippen MR) is 110 cm³/mol. The Morgan fingerprint density at radius 2 is 1.52 bits per heavy atom. The van der Waals surface area contributed by atoms with Crippen molar-refractivity contribution in [2.24, 2.45) is 0 Å². The normalized spacial score (nSPS) is 11.0. The number of hydrogen-bond acceptors (Lipinski definition) is 5. The molecule has 148 valence electrons. The number of anilines is 1. The lowest BCUT2D eigenvalue weighted by Crippen LogP contribution is -2.12. The van der Waals surface area contributed by atoms with Crippen molar-refractivity contribution in [3.05, 3.63) is 88.9 Å². The zero-order valence-electron chi connectivity index (χ0n) is 15.3. The van der Waals surface area contributed by atoms with Crippen LogP contribution in [0, 0.1) is 0 Å². The molecule has 6 nitrogen and oxygen atoms in total. The molecular weight excluding hydrogens is 414 g/mol. The third kappa shape index (κ3) is 5.22. The van der Waals surface area contributed by atoms with Gasteiger partial charge in [0.25, 0.3) is 5.91 Å². The van der Waals surface area contributed by atoms with Crippen molar-refractivity contribution in [1.29, 1.82) is 0 Å². The Labute approximate surface area is 173 Å². The van der Waals surface area contributed by atoms with Crippen LogP contribution in [0.4, 0.5) is 5.69 Å². The maximum absolute atomic E-state index is 12.3. The zero-order valence-corrected chi connectivity index (χ0v) is 16.8. The summed E-state index contributed by atoms with van der Waals surface area (Å²) in [7, 11) is -3.34. The number of carbonyl (C=O) groups excluding carboxylic acids is 2. The van der Waals surface area contributed by atoms with Crippen molar-refractivity contribution in [1.82, 2.24) is 0 Å². The van der Waals surface area contributed by atoms with Crippen LogP contribution in [-0.4, -0.2) is 26.6 Å². The van der Waals surface area contributed by atoms with Crippen LogP contribution in [0.25, 0.3) is 0 Å². The van der Waals surface area contributed by atoms with Gasteiger partial charge in [0, 0.05) is 11.9 Å². The molecule has 0 aliphatic heterocycles. The zero-order chi connectivity index (χ0) is 21.0. The Balaban J connectivity index is 1.65. The van der Waals surface area contributed by atoms with Gasteiger partial charge in [-0.2, -0.15) is 0 Å². The monoisotopic (exact) mass is 429 g/mol. The Kier molecular flexibility index (Phi) is 6.00. The fourth-order valence-corrected chi connectivity index (χ4v) is 3.31. The highest BCUT2D eigenvalue weighted by Gasteiger charge is 2.13. The largest absolute Gasteiger partial charge is 0.423 e. The second-order valence-electron chi connectivity index (χ2n) is 6.14. The number of benzene rings is 3. The summed E-state index contributed by atoms with van der Waals surface area (Å²) in [6.07, 6.45) is 1.09. The van der Waals surface area contributed by atoms with Gasteiger partial charge in [-0.1, -0.05) is 23.7 Å². The quantitative estimate of drug-likeness (QED) is 0.484. The Morgan fingerprint density at radius 1 is 0.897 bits per heavy atom. The number of esters is 1. The standard InChI is InChI=1S/C21H16ClNO5S/c1-29(26,27)17-12-6-14(7-13-17)21(25)28-16-10-8-15(9-11-16)23-20(24)18-4-2-3-5-19(18)22/h2-13H,1H3,(H,23,24). The summed E-state index contributed by atoms with van der Waals surface area (Å²) in [6, 6.07) is 18.4. The van der Waals surface area contributed by atoms with Crippen molar-refractivity contribution >= 4 is 39.0 Å². The van der Waals surface area contributed by atoms with Crippen molar-refractivity contribution in [3.63, 3.8) is 0 Å². The number of hydrogen-bond donors (Lipinski definition) is 1. The predicted octanol–water partition coefficient (Wildman–Crippen LogP) is 4.22. The molecule has 0 bridgehead atoms. The first-order valence-electron chi connectivity index (χ1n) is 8.42. The molecule has 29 heavy (non-hydrogen) atoms. The molecule has 1 N–H and O–H groups in total. The maximum Gasteiger partial charge on any atom is 0.343 e. The lowest BCUT2D eigenvalue weighted by Gasteiger charge is -2.08. The molecule has 0 saturated carbocycles. The third-order valence-corrected chi connectivity index (χ3v) is 5.42. The Morgan fingerprint density at radius 3 is 2.10 bits per heavy atom. The van der Waals surface area contributed by atoms with E-state index in [1.54, 1.807) is 36.4 Å². The minimum atomic E-state index is -3.34. The molecule has 3 rings (SSSR count). The van der Waals surface area contributed by atoms with E-state index >= 15 is 0 Å². The number of halogens is 1. The van der Waals surface area contributed by atoms with Gasteiger partial charge >= 0.3 is 5.97 Å². The first kappa shape index (κ1) is 20.6. The summed E-state index contributed by atoms with van der Waals surface area (Å²) in [4.78, 5) is 24.6. The first-order valence-corrected chi connectivity index (χ1v) is 10.7. The summed E-state index contributed by atoms with van der Waals surface area (Å²) >= 11 is 6.01. The van der Waals surface area contributed by atoms with Gasteiger partial charge in [0.05, 0.1) is 21.0 Å². The lowest BCUT2D eigenvalue weighted by atomic mass is 10.2. The average molecular weight is 430 g/mol. The van der Waals surface area contributed by atoms with Crippen molar-refractivity contribution in [3.8, 4) is 5.75 Å². The molecule has 0 heterocycles. The number of ether oxygens (including phenoxy) is 1. The fraction of sp³-hybridized carbons (Fsp3) is 0.0476. The molecule has 0 spiro atoms. The van der Waals surface area contributed by atoms with E-state index in [0.717, 1.165) is 6.26 Å². The van der Waals surface area contributed by atoms with Crippen molar-refractivity contribution in [2.75, 3.05) is 11.6 Å². The van der Waals surface area contributed by atoms with Crippen LogP contribution in [0.3, 0.4) is 0 Å². The molecule has 0 fully saturated rings. The van der Waals surface area contributed by atoms with Gasteiger partial charge in [-0.15, -0.1) is 0 Å². The summed E-state index contributed by atoms with van der Waals surface area (Å²) in [5.74, 6) is -0.706. The van der Waals surface area contributed by atoms with E-state index in [1.165, 1.54) is 36.4 Å². The maximum atomic E-state index is 12.3. The molecule has 1 amide bonds. The number of nitrogens with one attached hydrogen (secondary N) is 1. The van der Waals surface area contributed by atoms with Crippen LogP contribution in [0.5, 0.6) is 5.75 Å². The van der Waals surface area contributed by atoms with Crippen molar-refractivity contribution in [2.45, 2.75) is 4.90 Å². The molecule has 8 heteroatoms. The molecule has 0 radical (unpaired) electrons. The molecule has 0 unspecified atom stereocenters. The summed E-state index contributed by atoms with van der Waals surface area (Å²) in [5.41, 5.74) is 1.07. The fourth-order valence-electron chi connectivity index (χ4n) is 2.45. The Bertz CT molecular complexity index is 1160. The van der Waals surface area contributed by atoms with Gasteiger partial charge in [-0.05, 0) is 60.7 Å². The highest BCUT2D eigenvalue weighted by Crippen LogP contribution is 2.20. The molecule has 3 aromatic rings. The van der Waals surface area contributed by atoms with E-state index in [4.69, 9.17) is 16.3 Å². The number of rotatable bonds is 5. The van der Waals surface area contributed by atoms with E-state index in [9.17, 15) is 18.0 Å². The van der Waals surface area contributed by atoms with E-state index < -0.39 is 15.8 Å². The van der Waals surface area contributed by atoms with Gasteiger partial charge < -0.3 is 10.1 Å². The number of sulfone groups is 1. The topological polar surface area (TPSA) is 89.5 Å². The SMILES string of the molecule is CS(=O)(=O)c1ccc(C(=O)Oc2ccc(NC(=O)c3ccccc3Cl)cc2)cc1. The van der Waals surface area contributed by atoms with Crippen LogP contribution in [-0.2, 0) is 9.84 Å². The number of carbonyl (C=O) groups is 2. The molecular formula is C21H16ClNO5S. The lowest BCUT2D eigenvalue weighted by molar-refractivity contribution is 0.0734. The van der Waals surface area contributed by atoms with Crippen LogP contribution < -0.4 is 10.1 Å². The van der Waals surface area contributed by atoms with E-state index in [2.05, 4.69) is 5.32 Å². The molecule has 0 aliphatic rings. The summed E-state index contributed by atoms with van der Waals surface area (Å²) in [5, 5.41) is 3.06. The molecule has 3 aromatic carbocycles. The minimum absolute atomic E-state index is 0.118. The highest BCUT2D eigenvalue weighted by atomic mass is 35.5. The first-order chi connectivity index (χ1) is 13.7. The van der Waals surface area contributed by atoms with Gasteiger partial charge in [0.2, 0.25) is 0 Å². The smallest absolute Gasteiger partial charge is 0.343 e. The second kappa shape index (κ2) is 8.46. The number of amides is 1. The molecule has 0 atom stereocenters. The van der Waals surface area contributed by atoms with Crippen LogP contribution in [0.1, 0.15) is 20.7 Å². The van der Waals surface area contributed by atoms with Crippen molar-refractivity contribution < 1.29 is 22.7 Å². The van der Waals surface area contributed by atoms with Gasteiger partial charge in [-0.3, -0.25) is 4.79 Å². The van der Waals surface area contributed by atoms with Gasteiger partial charge in [0.1, 0.15) is 5.75 Å². The van der Waals surface area contributed by atoms with Gasteiger partial charge in [0.15, 0.2) is 9.84 Å². The molecule has 0 saturated heterocycles. The molecule has 0 aliphatic carbocycles. The van der Waals surface area contributed by atoms with Crippen LogP contribution in [0.15, 0.2) is 77.7 Å². The van der Waals surface area contributed by atoms with E-state index in [1.807, 2.05) is 0 Å². The van der Waals surface area contributed by atoms with Gasteiger partial charge in [-0.25, -0.2) is 13.2 Å². The van der Waals surface area contributed by atoms with Crippen LogP contribution >= 0.6 is 11.6 Å². The second-order valence-corrected chi connectivity index (χ2v) is 8.57. The minimum Gasteiger partial charge on any atom is -0.423 e. The Hall–Kier alpha value is -3.16. The highest BCUT2D eigenvalue weighted by molar-refractivity contribution is 7.90. The average Bonchev–Trinajstić information content (AvgIpc) is 2.69.